The quantitative estimate of drug-likeness (QED) is 0.419. The molecule has 0 aliphatic rings. The van der Waals surface area contributed by atoms with Crippen molar-refractivity contribution in [1.82, 2.24) is 0 Å². The predicted molar refractivity (Wildman–Crippen MR) is 47.9 cm³/mol. The van der Waals surface area contributed by atoms with E-state index in [0.717, 1.165) is 0 Å². The Morgan fingerprint density at radius 2 is 0.944 bits per heavy atom. The summed E-state index contributed by atoms with van der Waals surface area (Å²) < 4.78 is 134. The molecule has 0 spiro atoms. The number of halogens is 10. The zero-order chi connectivity index (χ0) is 14.5. The third-order valence-corrected chi connectivity index (χ3v) is 2.44. The van der Waals surface area contributed by atoms with E-state index in [0.29, 0.717) is 0 Å². The fourth-order valence-electron chi connectivity index (χ4n) is 0.668. The van der Waals surface area contributed by atoms with Crippen molar-refractivity contribution in [2.75, 3.05) is 0 Å². The SMILES string of the molecule is I.O=S(=O)(O)C(F)(F)C(F)(C(F)(F)F)C(F)(F)F. The smallest absolute Gasteiger partial charge is 0.281 e. The van der Waals surface area contributed by atoms with Crippen LogP contribution in [-0.4, -0.2) is 36.2 Å². The van der Waals surface area contributed by atoms with Crippen molar-refractivity contribution in [2.45, 2.75) is 23.3 Å². The molecule has 0 unspecified atom stereocenters. The van der Waals surface area contributed by atoms with E-state index in [9.17, 15) is 47.9 Å². The molecule has 0 aromatic rings. The van der Waals surface area contributed by atoms with Gasteiger partial charge in [0.05, 0.1) is 0 Å². The molecule has 18 heavy (non-hydrogen) atoms. The van der Waals surface area contributed by atoms with Gasteiger partial charge in [0.1, 0.15) is 0 Å². The number of rotatable bonds is 2. The third kappa shape index (κ3) is 2.78. The molecule has 0 radical (unpaired) electrons. The van der Waals surface area contributed by atoms with Crippen LogP contribution in [0.3, 0.4) is 0 Å². The first-order chi connectivity index (χ1) is 7.00. The van der Waals surface area contributed by atoms with Crippen molar-refractivity contribution in [3.63, 3.8) is 0 Å². The minimum Gasteiger partial charge on any atom is -0.281 e. The topological polar surface area (TPSA) is 54.4 Å². The van der Waals surface area contributed by atoms with E-state index in [1.165, 1.54) is 0 Å². The molecule has 0 saturated carbocycles. The fraction of sp³-hybridized carbons (Fsp3) is 1.00. The van der Waals surface area contributed by atoms with Crippen LogP contribution in [0.2, 0.25) is 0 Å². The molecule has 0 rings (SSSR count). The van der Waals surface area contributed by atoms with Crippen LogP contribution in [-0.2, 0) is 10.1 Å². The molecule has 3 nitrogen and oxygen atoms in total. The van der Waals surface area contributed by atoms with E-state index in [-0.39, 0.29) is 24.0 Å². The molecule has 112 valence electrons. The molecule has 0 fully saturated rings. The van der Waals surface area contributed by atoms with Crippen LogP contribution in [0.1, 0.15) is 0 Å². The van der Waals surface area contributed by atoms with Crippen molar-refractivity contribution >= 4 is 34.1 Å². The second kappa shape index (κ2) is 4.84. The van der Waals surface area contributed by atoms with Gasteiger partial charge >= 0.3 is 33.4 Å². The first-order valence-electron chi connectivity index (χ1n) is 3.17. The highest BCUT2D eigenvalue weighted by atomic mass is 127. The minimum absolute atomic E-state index is 0. The van der Waals surface area contributed by atoms with Crippen molar-refractivity contribution in [2.24, 2.45) is 0 Å². The van der Waals surface area contributed by atoms with Crippen molar-refractivity contribution < 1.29 is 52.5 Å². The maximum absolute atomic E-state index is 12.5. The number of hydrogen-bond donors (Lipinski definition) is 1. The summed E-state index contributed by atoms with van der Waals surface area (Å²) in [5, 5.41) is -7.13. The Hall–Kier alpha value is 0.01000. The second-order valence-corrected chi connectivity index (χ2v) is 4.11. The monoisotopic (exact) mass is 428 g/mol. The molecule has 0 bridgehead atoms. The molecule has 0 saturated heterocycles. The van der Waals surface area contributed by atoms with Crippen LogP contribution < -0.4 is 0 Å². The van der Waals surface area contributed by atoms with Crippen LogP contribution in [0.5, 0.6) is 0 Å². The highest BCUT2D eigenvalue weighted by Crippen LogP contribution is 2.56. The average molecular weight is 428 g/mol. The summed E-state index contributed by atoms with van der Waals surface area (Å²) in [6, 6.07) is 0. The lowest BCUT2D eigenvalue weighted by molar-refractivity contribution is -0.380. The summed E-state index contributed by atoms with van der Waals surface area (Å²) in [6.07, 6.45) is -14.6. The summed E-state index contributed by atoms with van der Waals surface area (Å²) in [5.74, 6) is 0. The Balaban J connectivity index is 0. The van der Waals surface area contributed by atoms with Gasteiger partial charge in [-0.15, -0.1) is 24.0 Å². The zero-order valence-electron chi connectivity index (χ0n) is 7.48. The minimum atomic E-state index is -7.42. The lowest BCUT2D eigenvalue weighted by atomic mass is 10.1. The number of hydrogen-bond acceptors (Lipinski definition) is 2. The van der Waals surface area contributed by atoms with Gasteiger partial charge in [0.2, 0.25) is 0 Å². The molecule has 0 aromatic heterocycles. The molecule has 0 atom stereocenters. The summed E-state index contributed by atoms with van der Waals surface area (Å²) in [5.41, 5.74) is -7.42. The average Bonchev–Trinajstić information content (AvgIpc) is 1.95. The summed E-state index contributed by atoms with van der Waals surface area (Å²) in [6.45, 7) is 0. The van der Waals surface area contributed by atoms with Gasteiger partial charge in [0, 0.05) is 0 Å². The van der Waals surface area contributed by atoms with Gasteiger partial charge in [-0.2, -0.15) is 43.5 Å². The second-order valence-electron chi connectivity index (χ2n) is 2.65. The van der Waals surface area contributed by atoms with E-state index in [4.69, 9.17) is 4.55 Å². The Bertz CT molecular complexity index is 381. The number of alkyl halides is 9. The Morgan fingerprint density at radius 3 is 1.00 bits per heavy atom. The first-order valence-corrected chi connectivity index (χ1v) is 4.61. The molecule has 0 amide bonds. The summed E-state index contributed by atoms with van der Waals surface area (Å²) >= 11 is 0. The van der Waals surface area contributed by atoms with Crippen LogP contribution in [0, 0.1) is 0 Å². The fourth-order valence-corrected chi connectivity index (χ4v) is 1.26. The van der Waals surface area contributed by atoms with Gasteiger partial charge < -0.3 is 0 Å². The lowest BCUT2D eigenvalue weighted by Crippen LogP contribution is -2.66. The Labute approximate surface area is 110 Å². The molecule has 0 aromatic carbocycles. The van der Waals surface area contributed by atoms with Crippen LogP contribution in [0.25, 0.3) is 0 Å². The first kappa shape index (κ1) is 20.3. The van der Waals surface area contributed by atoms with Gasteiger partial charge in [-0.05, 0) is 0 Å². The van der Waals surface area contributed by atoms with E-state index in [1.54, 1.807) is 0 Å². The van der Waals surface area contributed by atoms with Crippen LogP contribution in [0.15, 0.2) is 0 Å². The largest absolute Gasteiger partial charge is 0.439 e. The standard InChI is InChI=1S/C4HF9O3S.HI/c5-1(2(6,7)8,3(9,10)11)4(12,13)17(14,15)16;/h(H,14,15,16);1H. The van der Waals surface area contributed by atoms with E-state index in [1.807, 2.05) is 0 Å². The van der Waals surface area contributed by atoms with E-state index < -0.39 is 33.4 Å². The molecule has 1 N–H and O–H groups in total. The Kier molecular flexibility index (Phi) is 5.47. The van der Waals surface area contributed by atoms with Crippen molar-refractivity contribution in [3.05, 3.63) is 0 Å². The molecule has 0 aliphatic carbocycles. The van der Waals surface area contributed by atoms with Gasteiger partial charge in [-0.3, -0.25) is 4.55 Å². The van der Waals surface area contributed by atoms with E-state index >= 15 is 0 Å². The summed E-state index contributed by atoms with van der Waals surface area (Å²) in [7, 11) is -7.27. The summed E-state index contributed by atoms with van der Waals surface area (Å²) in [4.78, 5) is 0. The van der Waals surface area contributed by atoms with Gasteiger partial charge in [0.15, 0.2) is 0 Å². The highest BCUT2D eigenvalue weighted by Gasteiger charge is 2.88. The normalized spacial score (nSPS) is 15.2. The van der Waals surface area contributed by atoms with Gasteiger partial charge in [0.25, 0.3) is 0 Å². The highest BCUT2D eigenvalue weighted by molar-refractivity contribution is 14.0. The maximum Gasteiger partial charge on any atom is 0.439 e. The maximum atomic E-state index is 12.5. The van der Waals surface area contributed by atoms with Crippen LogP contribution >= 0.6 is 24.0 Å². The molecular weight excluding hydrogens is 426 g/mol. The van der Waals surface area contributed by atoms with Gasteiger partial charge in [-0.1, -0.05) is 0 Å². The zero-order valence-corrected chi connectivity index (χ0v) is 10.6. The molecule has 0 aliphatic heterocycles. The molecular formula is C4H2F9IO3S. The van der Waals surface area contributed by atoms with Crippen molar-refractivity contribution in [3.8, 4) is 0 Å². The molecule has 14 heteroatoms. The van der Waals surface area contributed by atoms with Gasteiger partial charge in [-0.25, -0.2) is 4.39 Å². The third-order valence-electron chi connectivity index (χ3n) is 1.51. The van der Waals surface area contributed by atoms with E-state index in [2.05, 4.69) is 0 Å². The Morgan fingerprint density at radius 1 is 0.722 bits per heavy atom. The lowest BCUT2D eigenvalue weighted by Gasteiger charge is -2.33. The predicted octanol–water partition coefficient (Wildman–Crippen LogP) is 2.92. The van der Waals surface area contributed by atoms with Crippen molar-refractivity contribution in [1.29, 1.82) is 0 Å². The molecule has 0 heterocycles. The van der Waals surface area contributed by atoms with Crippen LogP contribution in [0.4, 0.5) is 39.5 Å².